The predicted octanol–water partition coefficient (Wildman–Crippen LogP) is 3.08. The van der Waals surface area contributed by atoms with E-state index in [1.54, 1.807) is 12.1 Å². The highest BCUT2D eigenvalue weighted by molar-refractivity contribution is 6.15. The lowest BCUT2D eigenvalue weighted by molar-refractivity contribution is -0.145. The topological polar surface area (TPSA) is 98.7 Å². The van der Waals surface area contributed by atoms with Gasteiger partial charge in [-0.1, -0.05) is 56.0 Å². The SMILES string of the molecule is O=C1[C@@H]2[C@@H](Cc3ccc(O)cc3)N[C@@]3(C(=O)Nc4ccccc43)[C@H]2C(=O)N1C1CCCCCC1. The number of phenols is 1. The number of hydrogen-bond donors (Lipinski definition) is 3. The van der Waals surface area contributed by atoms with Gasteiger partial charge in [0.2, 0.25) is 17.7 Å². The number of anilines is 1. The normalized spacial score (nSPS) is 31.0. The summed E-state index contributed by atoms with van der Waals surface area (Å²) < 4.78 is 0. The molecule has 3 N–H and O–H groups in total. The van der Waals surface area contributed by atoms with Crippen molar-refractivity contribution in [3.8, 4) is 5.75 Å². The number of amides is 3. The second kappa shape index (κ2) is 7.94. The van der Waals surface area contributed by atoms with Crippen LogP contribution in [0.5, 0.6) is 5.75 Å². The lowest BCUT2D eigenvalue weighted by Crippen LogP contribution is -2.54. The lowest BCUT2D eigenvalue weighted by atomic mass is 9.76. The number of nitrogens with zero attached hydrogens (tertiary/aromatic N) is 1. The van der Waals surface area contributed by atoms with E-state index in [1.165, 1.54) is 4.90 Å². The monoisotopic (exact) mass is 459 g/mol. The quantitative estimate of drug-likeness (QED) is 0.484. The van der Waals surface area contributed by atoms with E-state index >= 15 is 0 Å². The summed E-state index contributed by atoms with van der Waals surface area (Å²) in [4.78, 5) is 43.0. The van der Waals surface area contributed by atoms with Crippen molar-refractivity contribution in [3.05, 3.63) is 59.7 Å². The van der Waals surface area contributed by atoms with Crippen molar-refractivity contribution in [3.63, 3.8) is 0 Å². The number of hydrogen-bond acceptors (Lipinski definition) is 5. The molecule has 3 aliphatic heterocycles. The van der Waals surface area contributed by atoms with Gasteiger partial charge in [0.15, 0.2) is 0 Å². The van der Waals surface area contributed by atoms with E-state index in [2.05, 4.69) is 10.6 Å². The highest BCUT2D eigenvalue weighted by Crippen LogP contribution is 2.54. The zero-order valence-electron chi connectivity index (χ0n) is 19.0. The first kappa shape index (κ1) is 21.4. The molecule has 3 heterocycles. The molecule has 0 bridgehead atoms. The van der Waals surface area contributed by atoms with Gasteiger partial charge in [-0.15, -0.1) is 0 Å². The Morgan fingerprint density at radius 2 is 1.62 bits per heavy atom. The summed E-state index contributed by atoms with van der Waals surface area (Å²) in [5, 5.41) is 16.1. The molecule has 2 aromatic carbocycles. The highest BCUT2D eigenvalue weighted by atomic mass is 16.3. The molecular weight excluding hydrogens is 430 g/mol. The van der Waals surface area contributed by atoms with Crippen LogP contribution in [-0.2, 0) is 26.3 Å². The van der Waals surface area contributed by atoms with Crippen LogP contribution in [0.3, 0.4) is 0 Å². The predicted molar refractivity (Wildman–Crippen MR) is 126 cm³/mol. The van der Waals surface area contributed by atoms with E-state index in [0.717, 1.165) is 49.7 Å². The number of aromatic hydroxyl groups is 1. The lowest BCUT2D eigenvalue weighted by Gasteiger charge is -2.32. The van der Waals surface area contributed by atoms with Gasteiger partial charge in [-0.3, -0.25) is 24.6 Å². The summed E-state index contributed by atoms with van der Waals surface area (Å²) in [7, 11) is 0. The Balaban J connectivity index is 1.44. The number of fused-ring (bicyclic) bond motifs is 4. The average molecular weight is 460 g/mol. The maximum atomic E-state index is 14.0. The Morgan fingerprint density at radius 1 is 0.912 bits per heavy atom. The van der Waals surface area contributed by atoms with Crippen molar-refractivity contribution >= 4 is 23.4 Å². The number of benzene rings is 2. The van der Waals surface area contributed by atoms with Crippen molar-refractivity contribution in [2.75, 3.05) is 5.32 Å². The van der Waals surface area contributed by atoms with E-state index in [1.807, 2.05) is 36.4 Å². The molecule has 3 amide bonds. The first-order chi connectivity index (χ1) is 16.5. The average Bonchev–Trinajstić information content (AvgIpc) is 3.29. The summed E-state index contributed by atoms with van der Waals surface area (Å²) in [6.45, 7) is 0. The van der Waals surface area contributed by atoms with E-state index < -0.39 is 17.4 Å². The summed E-state index contributed by atoms with van der Waals surface area (Å²) in [6, 6.07) is 13.9. The maximum absolute atomic E-state index is 14.0. The molecule has 4 aliphatic rings. The standard InChI is InChI=1S/C27H29N3O4/c31-18-13-11-16(12-14-18)15-21-22-23(25(33)30(24(22)32)17-7-3-1-2-4-8-17)27(29-21)19-9-5-6-10-20(19)28-26(27)34/h5-6,9-14,17,21-23,29,31H,1-4,7-8,15H2,(H,28,34)/t21-,22-,23-,27-/m1/s1. The molecule has 0 unspecified atom stereocenters. The number of para-hydroxylation sites is 1. The molecule has 3 fully saturated rings. The van der Waals surface area contributed by atoms with Crippen LogP contribution < -0.4 is 10.6 Å². The van der Waals surface area contributed by atoms with Gasteiger partial charge in [0.05, 0.1) is 11.8 Å². The van der Waals surface area contributed by atoms with Crippen LogP contribution in [-0.4, -0.2) is 39.8 Å². The van der Waals surface area contributed by atoms with E-state index in [4.69, 9.17) is 0 Å². The van der Waals surface area contributed by atoms with Gasteiger partial charge in [0.1, 0.15) is 11.3 Å². The third kappa shape index (κ3) is 3.03. The fourth-order valence-electron chi connectivity index (χ4n) is 6.72. The van der Waals surface area contributed by atoms with Crippen molar-refractivity contribution in [1.29, 1.82) is 0 Å². The van der Waals surface area contributed by atoms with Gasteiger partial charge in [-0.05, 0) is 43.0 Å². The van der Waals surface area contributed by atoms with Crippen LogP contribution in [0, 0.1) is 11.8 Å². The van der Waals surface area contributed by atoms with Gasteiger partial charge < -0.3 is 10.4 Å². The highest BCUT2D eigenvalue weighted by Gasteiger charge is 2.70. The van der Waals surface area contributed by atoms with E-state index in [0.29, 0.717) is 12.1 Å². The summed E-state index contributed by atoms with van der Waals surface area (Å²) >= 11 is 0. The number of likely N-dealkylation sites (tertiary alicyclic amines) is 1. The number of rotatable bonds is 3. The molecular formula is C27H29N3O4. The fourth-order valence-corrected chi connectivity index (χ4v) is 6.72. The van der Waals surface area contributed by atoms with Gasteiger partial charge >= 0.3 is 0 Å². The molecule has 1 saturated carbocycles. The summed E-state index contributed by atoms with van der Waals surface area (Å²) in [5.41, 5.74) is 1.12. The Bertz CT molecular complexity index is 1150. The van der Waals surface area contributed by atoms with Crippen molar-refractivity contribution in [1.82, 2.24) is 10.2 Å². The summed E-state index contributed by atoms with van der Waals surface area (Å²) in [5.74, 6) is -1.83. The minimum absolute atomic E-state index is 0.0841. The van der Waals surface area contributed by atoms with Crippen LogP contribution in [0.4, 0.5) is 5.69 Å². The van der Waals surface area contributed by atoms with Crippen LogP contribution >= 0.6 is 0 Å². The number of phenolic OH excluding ortho intramolecular Hbond substituents is 1. The van der Waals surface area contributed by atoms with Crippen LogP contribution in [0.25, 0.3) is 0 Å². The molecule has 1 spiro atoms. The zero-order chi connectivity index (χ0) is 23.4. The number of imide groups is 1. The van der Waals surface area contributed by atoms with Crippen LogP contribution in [0.2, 0.25) is 0 Å². The first-order valence-electron chi connectivity index (χ1n) is 12.3. The zero-order valence-corrected chi connectivity index (χ0v) is 19.0. The smallest absolute Gasteiger partial charge is 0.250 e. The van der Waals surface area contributed by atoms with Crippen LogP contribution in [0.1, 0.15) is 49.7 Å². The van der Waals surface area contributed by atoms with Gasteiger partial charge in [-0.25, -0.2) is 0 Å². The van der Waals surface area contributed by atoms with E-state index in [-0.39, 0.29) is 35.6 Å². The Kier molecular flexibility index (Phi) is 4.99. The molecule has 2 aromatic rings. The fraction of sp³-hybridized carbons (Fsp3) is 0.444. The van der Waals surface area contributed by atoms with Gasteiger partial charge in [-0.2, -0.15) is 0 Å². The van der Waals surface area contributed by atoms with Crippen molar-refractivity contribution < 1.29 is 19.5 Å². The maximum Gasteiger partial charge on any atom is 0.250 e. The number of nitrogens with one attached hydrogen (secondary N) is 2. The molecule has 2 saturated heterocycles. The molecule has 4 atom stereocenters. The minimum atomic E-state index is -1.25. The van der Waals surface area contributed by atoms with Crippen molar-refractivity contribution in [2.45, 2.75) is 62.6 Å². The first-order valence-corrected chi connectivity index (χ1v) is 12.3. The second-order valence-electron chi connectivity index (χ2n) is 10.1. The van der Waals surface area contributed by atoms with E-state index in [9.17, 15) is 19.5 Å². The second-order valence-corrected chi connectivity index (χ2v) is 10.1. The van der Waals surface area contributed by atoms with Crippen molar-refractivity contribution in [2.24, 2.45) is 11.8 Å². The molecule has 7 heteroatoms. The number of carbonyl (C=O) groups excluding carboxylic acids is 3. The Labute approximate surface area is 198 Å². The minimum Gasteiger partial charge on any atom is -0.508 e. The summed E-state index contributed by atoms with van der Waals surface area (Å²) in [6.07, 6.45) is 6.44. The molecule has 34 heavy (non-hydrogen) atoms. The molecule has 1 aliphatic carbocycles. The molecule has 0 radical (unpaired) electrons. The third-order valence-electron chi connectivity index (χ3n) is 8.24. The van der Waals surface area contributed by atoms with Crippen LogP contribution in [0.15, 0.2) is 48.5 Å². The molecule has 176 valence electrons. The largest absolute Gasteiger partial charge is 0.508 e. The van der Waals surface area contributed by atoms with Gasteiger partial charge in [0, 0.05) is 23.3 Å². The Hall–Kier alpha value is -3.19. The third-order valence-corrected chi connectivity index (χ3v) is 8.24. The molecule has 6 rings (SSSR count). The molecule has 0 aromatic heterocycles. The van der Waals surface area contributed by atoms with Gasteiger partial charge in [0.25, 0.3) is 0 Å². The number of carbonyl (C=O) groups is 3. The molecule has 7 nitrogen and oxygen atoms in total. The Morgan fingerprint density at radius 3 is 2.35 bits per heavy atom.